The fourth-order valence-corrected chi connectivity index (χ4v) is 1.58. The largest absolute Gasteiger partial charge is 0.385 e. The van der Waals surface area contributed by atoms with E-state index in [1.165, 1.54) is 12.1 Å². The normalized spacial score (nSPS) is 12.2. The van der Waals surface area contributed by atoms with E-state index in [0.717, 1.165) is 5.56 Å². The van der Waals surface area contributed by atoms with Crippen molar-refractivity contribution in [2.45, 2.75) is 18.9 Å². The average molecular weight is 254 g/mol. The van der Waals surface area contributed by atoms with Gasteiger partial charge in [0.2, 0.25) is 5.91 Å². The minimum absolute atomic E-state index is 0.0853. The molecule has 0 saturated carbocycles. The molecule has 0 aliphatic rings. The Hall–Kier alpha value is -1.46. The molecule has 100 valence electrons. The van der Waals surface area contributed by atoms with Gasteiger partial charge in [-0.05, 0) is 24.1 Å². The van der Waals surface area contributed by atoms with E-state index in [1.54, 1.807) is 19.2 Å². The molecule has 0 aliphatic carbocycles. The molecular weight excluding hydrogens is 235 g/mol. The molecule has 0 spiro atoms. The summed E-state index contributed by atoms with van der Waals surface area (Å²) in [7, 11) is 1.61. The van der Waals surface area contributed by atoms with Crippen molar-refractivity contribution in [3.05, 3.63) is 35.6 Å². The molecule has 0 fully saturated rings. The summed E-state index contributed by atoms with van der Waals surface area (Å²) in [5.41, 5.74) is 6.33. The zero-order valence-corrected chi connectivity index (χ0v) is 10.5. The lowest BCUT2D eigenvalue weighted by Crippen LogP contribution is -2.41. The number of benzene rings is 1. The number of ether oxygens (including phenoxy) is 1. The van der Waals surface area contributed by atoms with Crippen LogP contribution in [-0.2, 0) is 16.0 Å². The standard InChI is InChI=1S/C13H19FN2O2/c1-18-7-6-12(9-15)16-13(17)8-10-2-4-11(14)5-3-10/h2-5,12H,6-9,15H2,1H3,(H,16,17). The molecule has 1 aromatic rings. The van der Waals surface area contributed by atoms with Gasteiger partial charge in [-0.3, -0.25) is 4.79 Å². The third-order valence-corrected chi connectivity index (χ3v) is 2.60. The first-order chi connectivity index (χ1) is 8.65. The lowest BCUT2D eigenvalue weighted by Gasteiger charge is -2.16. The summed E-state index contributed by atoms with van der Waals surface area (Å²) in [6.07, 6.45) is 0.909. The molecule has 0 bridgehead atoms. The van der Waals surface area contributed by atoms with E-state index in [4.69, 9.17) is 10.5 Å². The maximum atomic E-state index is 12.7. The minimum Gasteiger partial charge on any atom is -0.385 e. The molecule has 0 radical (unpaired) electrons. The SMILES string of the molecule is COCCC(CN)NC(=O)Cc1ccc(F)cc1. The van der Waals surface area contributed by atoms with E-state index < -0.39 is 0 Å². The first-order valence-electron chi connectivity index (χ1n) is 5.88. The van der Waals surface area contributed by atoms with Crippen molar-refractivity contribution < 1.29 is 13.9 Å². The van der Waals surface area contributed by atoms with Gasteiger partial charge in [0.15, 0.2) is 0 Å². The molecule has 0 saturated heterocycles. The summed E-state index contributed by atoms with van der Waals surface area (Å²) < 4.78 is 17.6. The van der Waals surface area contributed by atoms with Gasteiger partial charge >= 0.3 is 0 Å². The summed E-state index contributed by atoms with van der Waals surface area (Å²) in [6.45, 7) is 0.928. The highest BCUT2D eigenvalue weighted by Gasteiger charge is 2.10. The fourth-order valence-electron chi connectivity index (χ4n) is 1.58. The van der Waals surface area contributed by atoms with E-state index in [0.29, 0.717) is 19.6 Å². The number of carbonyl (C=O) groups excluding carboxylic acids is 1. The second kappa shape index (κ2) is 7.79. The summed E-state index contributed by atoms with van der Waals surface area (Å²) in [4.78, 5) is 11.7. The van der Waals surface area contributed by atoms with E-state index >= 15 is 0 Å². The Morgan fingerprint density at radius 1 is 1.44 bits per heavy atom. The highest BCUT2D eigenvalue weighted by molar-refractivity contribution is 5.78. The molecule has 0 aliphatic heterocycles. The van der Waals surface area contributed by atoms with Crippen LogP contribution in [0.15, 0.2) is 24.3 Å². The number of hydrogen-bond donors (Lipinski definition) is 2. The number of amides is 1. The Labute approximate surface area is 106 Å². The third kappa shape index (κ3) is 5.25. The molecule has 3 N–H and O–H groups in total. The quantitative estimate of drug-likeness (QED) is 0.758. The van der Waals surface area contributed by atoms with Crippen molar-refractivity contribution in [2.24, 2.45) is 5.73 Å². The summed E-state index contributed by atoms with van der Waals surface area (Å²) >= 11 is 0. The number of methoxy groups -OCH3 is 1. The molecule has 1 amide bonds. The summed E-state index contributed by atoms with van der Waals surface area (Å²) in [6, 6.07) is 5.79. The molecule has 0 aromatic heterocycles. The van der Waals surface area contributed by atoms with Crippen molar-refractivity contribution in [3.63, 3.8) is 0 Å². The molecular formula is C13H19FN2O2. The lowest BCUT2D eigenvalue weighted by atomic mass is 10.1. The molecule has 1 rings (SSSR count). The number of rotatable bonds is 7. The Balaban J connectivity index is 2.42. The maximum Gasteiger partial charge on any atom is 0.224 e. The van der Waals surface area contributed by atoms with Crippen LogP contribution in [0.25, 0.3) is 0 Å². The van der Waals surface area contributed by atoms with E-state index in [2.05, 4.69) is 5.32 Å². The highest BCUT2D eigenvalue weighted by atomic mass is 19.1. The molecule has 4 nitrogen and oxygen atoms in total. The molecule has 1 aromatic carbocycles. The molecule has 0 heterocycles. The van der Waals surface area contributed by atoms with Crippen LogP contribution < -0.4 is 11.1 Å². The van der Waals surface area contributed by atoms with Crippen LogP contribution in [0.4, 0.5) is 4.39 Å². The zero-order valence-electron chi connectivity index (χ0n) is 10.5. The predicted octanol–water partition coefficient (Wildman–Crippen LogP) is 0.848. The smallest absolute Gasteiger partial charge is 0.224 e. The van der Waals surface area contributed by atoms with Crippen LogP contribution in [0.3, 0.4) is 0 Å². The summed E-state index contributed by atoms with van der Waals surface area (Å²) in [5, 5.41) is 2.83. The second-order valence-electron chi connectivity index (χ2n) is 4.08. The van der Waals surface area contributed by atoms with Gasteiger partial charge in [0.1, 0.15) is 5.82 Å². The van der Waals surface area contributed by atoms with E-state index in [-0.39, 0.29) is 24.2 Å². The number of nitrogens with one attached hydrogen (secondary N) is 1. The molecule has 18 heavy (non-hydrogen) atoms. The van der Waals surface area contributed by atoms with Gasteiger partial charge in [-0.2, -0.15) is 0 Å². The van der Waals surface area contributed by atoms with Crippen LogP contribution >= 0.6 is 0 Å². The number of carbonyl (C=O) groups is 1. The van der Waals surface area contributed by atoms with Gasteiger partial charge in [-0.25, -0.2) is 4.39 Å². The van der Waals surface area contributed by atoms with Gasteiger partial charge in [0, 0.05) is 26.3 Å². The van der Waals surface area contributed by atoms with Gasteiger partial charge in [-0.15, -0.1) is 0 Å². The van der Waals surface area contributed by atoms with Crippen LogP contribution in [-0.4, -0.2) is 32.2 Å². The van der Waals surface area contributed by atoms with Gasteiger partial charge in [-0.1, -0.05) is 12.1 Å². The Bertz CT molecular complexity index is 368. The average Bonchev–Trinajstić information content (AvgIpc) is 2.37. The minimum atomic E-state index is -0.306. The van der Waals surface area contributed by atoms with Gasteiger partial charge in [0.25, 0.3) is 0 Å². The van der Waals surface area contributed by atoms with Gasteiger partial charge in [0.05, 0.1) is 6.42 Å². The van der Waals surface area contributed by atoms with E-state index in [1.807, 2.05) is 0 Å². The third-order valence-electron chi connectivity index (χ3n) is 2.60. The molecule has 1 atom stereocenters. The highest BCUT2D eigenvalue weighted by Crippen LogP contribution is 2.03. The fraction of sp³-hybridized carbons (Fsp3) is 0.462. The Morgan fingerprint density at radius 3 is 2.67 bits per heavy atom. The molecule has 1 unspecified atom stereocenters. The first kappa shape index (κ1) is 14.6. The van der Waals surface area contributed by atoms with Crippen molar-refractivity contribution in [3.8, 4) is 0 Å². The Morgan fingerprint density at radius 2 is 2.11 bits per heavy atom. The second-order valence-corrected chi connectivity index (χ2v) is 4.08. The van der Waals surface area contributed by atoms with Crippen LogP contribution in [0.1, 0.15) is 12.0 Å². The number of nitrogens with two attached hydrogens (primary N) is 1. The van der Waals surface area contributed by atoms with Crippen molar-refractivity contribution in [1.29, 1.82) is 0 Å². The lowest BCUT2D eigenvalue weighted by molar-refractivity contribution is -0.121. The first-order valence-corrected chi connectivity index (χ1v) is 5.88. The van der Waals surface area contributed by atoms with Crippen LogP contribution in [0, 0.1) is 5.82 Å². The van der Waals surface area contributed by atoms with Crippen LogP contribution in [0.2, 0.25) is 0 Å². The zero-order chi connectivity index (χ0) is 13.4. The van der Waals surface area contributed by atoms with Crippen molar-refractivity contribution >= 4 is 5.91 Å². The monoisotopic (exact) mass is 254 g/mol. The predicted molar refractivity (Wildman–Crippen MR) is 67.6 cm³/mol. The maximum absolute atomic E-state index is 12.7. The van der Waals surface area contributed by atoms with E-state index in [9.17, 15) is 9.18 Å². The summed E-state index contributed by atoms with van der Waals surface area (Å²) in [5.74, 6) is -0.424. The van der Waals surface area contributed by atoms with Gasteiger partial charge < -0.3 is 15.8 Å². The van der Waals surface area contributed by atoms with Crippen LogP contribution in [0.5, 0.6) is 0 Å². The number of hydrogen-bond acceptors (Lipinski definition) is 3. The topological polar surface area (TPSA) is 64.3 Å². The van der Waals surface area contributed by atoms with Crippen molar-refractivity contribution in [1.82, 2.24) is 5.32 Å². The Kier molecular flexibility index (Phi) is 6.32. The number of halogens is 1. The molecule has 5 heteroatoms. The van der Waals surface area contributed by atoms with Crippen molar-refractivity contribution in [2.75, 3.05) is 20.3 Å².